The van der Waals surface area contributed by atoms with Crippen LogP contribution in [0.1, 0.15) is 335 Å². The second-order valence-electron chi connectivity index (χ2n) is 19.9. The monoisotopic (exact) mass is 905 g/mol. The Balaban J connectivity index is 3.72. The standard InChI is InChI=1S/C58H112O6/c1-4-7-10-13-15-17-18-19-20-21-22-23-24-25-26-27-28-29-30-31-32-33-34-35-36-37-38-39-40-41-43-45-48-51-57(60)63-54-55(53-62-56(59)50-47-44-12-9-6-3)64-58(61)52-49-46-42-16-14-11-8-5-2/h55H,4-54H2,1-3H3. The molecular formula is C58H112O6. The van der Waals surface area contributed by atoms with E-state index in [-0.39, 0.29) is 31.1 Å². The summed E-state index contributed by atoms with van der Waals surface area (Å²) in [4.78, 5) is 37.5. The fraction of sp³-hybridized carbons (Fsp3) is 0.948. The van der Waals surface area contributed by atoms with Crippen LogP contribution in [-0.2, 0) is 28.6 Å². The van der Waals surface area contributed by atoms with E-state index in [2.05, 4.69) is 20.8 Å². The number of ether oxygens (including phenoxy) is 3. The summed E-state index contributed by atoms with van der Waals surface area (Å²) >= 11 is 0. The molecule has 0 aromatic carbocycles. The number of hydrogen-bond donors (Lipinski definition) is 0. The predicted octanol–water partition coefficient (Wildman–Crippen LogP) is 19.2. The highest BCUT2D eigenvalue weighted by molar-refractivity contribution is 5.71. The van der Waals surface area contributed by atoms with E-state index in [9.17, 15) is 14.4 Å². The van der Waals surface area contributed by atoms with Crippen LogP contribution >= 0.6 is 0 Å². The van der Waals surface area contributed by atoms with Crippen LogP contribution in [0.2, 0.25) is 0 Å². The van der Waals surface area contributed by atoms with E-state index >= 15 is 0 Å². The third-order valence-corrected chi connectivity index (χ3v) is 13.4. The third kappa shape index (κ3) is 51.4. The van der Waals surface area contributed by atoms with Crippen molar-refractivity contribution in [2.24, 2.45) is 0 Å². The molecule has 6 nitrogen and oxygen atoms in total. The molecule has 0 radical (unpaired) electrons. The molecule has 0 aliphatic rings. The molecule has 1 atom stereocenters. The molecule has 6 heteroatoms. The lowest BCUT2D eigenvalue weighted by atomic mass is 10.0. The number of esters is 3. The minimum atomic E-state index is -0.757. The Bertz CT molecular complexity index is 951. The predicted molar refractivity (Wildman–Crippen MR) is 275 cm³/mol. The lowest BCUT2D eigenvalue weighted by Crippen LogP contribution is -2.30. The average molecular weight is 906 g/mol. The largest absolute Gasteiger partial charge is 0.462 e. The van der Waals surface area contributed by atoms with Gasteiger partial charge in [0.25, 0.3) is 0 Å². The van der Waals surface area contributed by atoms with Gasteiger partial charge in [0.1, 0.15) is 13.2 Å². The fourth-order valence-electron chi connectivity index (χ4n) is 8.98. The van der Waals surface area contributed by atoms with Crippen LogP contribution in [0.3, 0.4) is 0 Å². The molecule has 0 saturated carbocycles. The molecule has 0 aromatic rings. The molecular weight excluding hydrogens is 793 g/mol. The highest BCUT2D eigenvalue weighted by Gasteiger charge is 2.19. The topological polar surface area (TPSA) is 78.9 Å². The highest BCUT2D eigenvalue weighted by Crippen LogP contribution is 2.18. The molecule has 0 spiro atoms. The Morgan fingerprint density at radius 1 is 0.250 bits per heavy atom. The molecule has 0 aliphatic carbocycles. The van der Waals surface area contributed by atoms with Crippen LogP contribution in [0.4, 0.5) is 0 Å². The molecule has 0 fully saturated rings. The Morgan fingerprint density at radius 2 is 0.422 bits per heavy atom. The van der Waals surface area contributed by atoms with Crippen molar-refractivity contribution in [1.82, 2.24) is 0 Å². The van der Waals surface area contributed by atoms with Crippen molar-refractivity contribution in [1.29, 1.82) is 0 Å². The van der Waals surface area contributed by atoms with E-state index in [1.807, 2.05) is 0 Å². The second-order valence-corrected chi connectivity index (χ2v) is 19.9. The van der Waals surface area contributed by atoms with Gasteiger partial charge in [-0.15, -0.1) is 0 Å². The van der Waals surface area contributed by atoms with E-state index in [0.717, 1.165) is 64.2 Å². The van der Waals surface area contributed by atoms with Gasteiger partial charge in [-0.1, -0.05) is 297 Å². The quantitative estimate of drug-likeness (QED) is 0.0344. The number of carbonyl (C=O) groups is 3. The first-order chi connectivity index (χ1) is 31.5. The smallest absolute Gasteiger partial charge is 0.306 e. The van der Waals surface area contributed by atoms with Gasteiger partial charge in [-0.2, -0.15) is 0 Å². The number of unbranched alkanes of at least 4 members (excludes halogenated alkanes) is 43. The Kier molecular flexibility index (Phi) is 52.7. The highest BCUT2D eigenvalue weighted by atomic mass is 16.6. The molecule has 1 unspecified atom stereocenters. The van der Waals surface area contributed by atoms with Crippen LogP contribution in [0, 0.1) is 0 Å². The minimum absolute atomic E-state index is 0.0641. The Labute approximate surface area is 399 Å². The molecule has 0 rings (SSSR count). The van der Waals surface area contributed by atoms with Crippen LogP contribution in [-0.4, -0.2) is 37.2 Å². The zero-order valence-electron chi connectivity index (χ0n) is 43.6. The lowest BCUT2D eigenvalue weighted by Gasteiger charge is -2.18. The normalized spacial score (nSPS) is 11.9. The molecule has 0 heterocycles. The van der Waals surface area contributed by atoms with Gasteiger partial charge in [-0.05, 0) is 19.3 Å². The van der Waals surface area contributed by atoms with Gasteiger partial charge >= 0.3 is 17.9 Å². The zero-order valence-corrected chi connectivity index (χ0v) is 43.6. The van der Waals surface area contributed by atoms with Gasteiger partial charge in [0.15, 0.2) is 6.10 Å². The Hall–Kier alpha value is -1.59. The summed E-state index contributed by atoms with van der Waals surface area (Å²) in [6.45, 7) is 6.57. The second kappa shape index (κ2) is 54.0. The third-order valence-electron chi connectivity index (χ3n) is 13.4. The number of rotatable bonds is 54. The van der Waals surface area contributed by atoms with E-state index in [1.54, 1.807) is 0 Å². The summed E-state index contributed by atoms with van der Waals surface area (Å²) in [6.07, 6.45) is 60.5. The zero-order chi connectivity index (χ0) is 46.5. The summed E-state index contributed by atoms with van der Waals surface area (Å²) in [6, 6.07) is 0. The molecule has 64 heavy (non-hydrogen) atoms. The van der Waals surface area contributed by atoms with E-state index < -0.39 is 6.10 Å². The van der Waals surface area contributed by atoms with Gasteiger partial charge in [0, 0.05) is 19.3 Å². The first kappa shape index (κ1) is 62.4. The molecule has 0 aliphatic heterocycles. The first-order valence-corrected chi connectivity index (χ1v) is 29.0. The van der Waals surface area contributed by atoms with E-state index in [0.29, 0.717) is 19.3 Å². The Morgan fingerprint density at radius 3 is 0.625 bits per heavy atom. The summed E-state index contributed by atoms with van der Waals surface area (Å²) in [7, 11) is 0. The van der Waals surface area contributed by atoms with Crippen LogP contribution < -0.4 is 0 Å². The lowest BCUT2D eigenvalue weighted by molar-refractivity contribution is -0.167. The SMILES string of the molecule is CCCCCCCCCCCCCCCCCCCCCCCCCCCCCCCCCCCC(=O)OCC(COC(=O)CCCCCCC)OC(=O)CCCCCCCCCC. The minimum Gasteiger partial charge on any atom is -0.462 e. The number of hydrogen-bond acceptors (Lipinski definition) is 6. The molecule has 380 valence electrons. The van der Waals surface area contributed by atoms with Gasteiger partial charge < -0.3 is 14.2 Å². The number of carbonyl (C=O) groups excluding carboxylic acids is 3. The van der Waals surface area contributed by atoms with Crippen molar-refractivity contribution in [3.05, 3.63) is 0 Å². The first-order valence-electron chi connectivity index (χ1n) is 29.0. The molecule has 0 amide bonds. The maximum absolute atomic E-state index is 12.6. The van der Waals surface area contributed by atoms with E-state index in [1.165, 1.54) is 231 Å². The van der Waals surface area contributed by atoms with Crippen molar-refractivity contribution in [2.45, 2.75) is 341 Å². The van der Waals surface area contributed by atoms with Crippen molar-refractivity contribution >= 4 is 17.9 Å². The van der Waals surface area contributed by atoms with Crippen LogP contribution in [0.25, 0.3) is 0 Å². The maximum Gasteiger partial charge on any atom is 0.306 e. The summed E-state index contributed by atoms with van der Waals surface area (Å²) < 4.78 is 16.6. The maximum atomic E-state index is 12.6. The molecule has 0 aromatic heterocycles. The van der Waals surface area contributed by atoms with Gasteiger partial charge in [0.05, 0.1) is 0 Å². The van der Waals surface area contributed by atoms with Gasteiger partial charge in [0.2, 0.25) is 0 Å². The van der Waals surface area contributed by atoms with Crippen molar-refractivity contribution in [3.63, 3.8) is 0 Å². The average Bonchev–Trinajstić information content (AvgIpc) is 3.29. The molecule has 0 saturated heterocycles. The van der Waals surface area contributed by atoms with Crippen molar-refractivity contribution < 1.29 is 28.6 Å². The summed E-state index contributed by atoms with van der Waals surface area (Å²) in [5, 5.41) is 0. The summed E-state index contributed by atoms with van der Waals surface area (Å²) in [5.41, 5.74) is 0. The summed E-state index contributed by atoms with van der Waals surface area (Å²) in [5.74, 6) is -0.866. The van der Waals surface area contributed by atoms with Crippen molar-refractivity contribution in [3.8, 4) is 0 Å². The van der Waals surface area contributed by atoms with Crippen LogP contribution in [0.15, 0.2) is 0 Å². The van der Waals surface area contributed by atoms with Gasteiger partial charge in [-0.25, -0.2) is 0 Å². The van der Waals surface area contributed by atoms with Crippen molar-refractivity contribution in [2.75, 3.05) is 13.2 Å². The van der Waals surface area contributed by atoms with E-state index in [4.69, 9.17) is 14.2 Å². The fourth-order valence-corrected chi connectivity index (χ4v) is 8.98. The van der Waals surface area contributed by atoms with Gasteiger partial charge in [-0.3, -0.25) is 14.4 Å². The van der Waals surface area contributed by atoms with Crippen LogP contribution in [0.5, 0.6) is 0 Å². The molecule has 0 N–H and O–H groups in total. The molecule has 0 bridgehead atoms.